The van der Waals surface area contributed by atoms with Crippen LogP contribution in [-0.2, 0) is 9.59 Å². The van der Waals surface area contributed by atoms with Crippen molar-refractivity contribution in [1.82, 2.24) is 15.2 Å². The maximum absolute atomic E-state index is 12.2. The maximum Gasteiger partial charge on any atom is 0.239 e. The first kappa shape index (κ1) is 18.4. The van der Waals surface area contributed by atoms with Gasteiger partial charge in [-0.05, 0) is 44.9 Å². The van der Waals surface area contributed by atoms with Crippen LogP contribution in [0.1, 0.15) is 38.3 Å². The lowest BCUT2D eigenvalue weighted by Gasteiger charge is -2.30. The molecule has 0 bridgehead atoms. The van der Waals surface area contributed by atoms with Crippen molar-refractivity contribution in [3.8, 4) is 0 Å². The Hall–Kier alpha value is -1.95. The largest absolute Gasteiger partial charge is 0.352 e. The van der Waals surface area contributed by atoms with Crippen LogP contribution in [-0.4, -0.2) is 47.9 Å². The Bertz CT molecular complexity index is 576. The summed E-state index contributed by atoms with van der Waals surface area (Å²) in [5, 5.41) is 5.86. The van der Waals surface area contributed by atoms with Crippen molar-refractivity contribution in [1.29, 1.82) is 0 Å². The highest BCUT2D eigenvalue weighted by Crippen LogP contribution is 2.23. The highest BCUT2D eigenvalue weighted by Gasteiger charge is 2.23. The molecule has 0 unspecified atom stereocenters. The Balaban J connectivity index is 1.74. The highest BCUT2D eigenvalue weighted by molar-refractivity contribution is 5.91. The van der Waals surface area contributed by atoms with Gasteiger partial charge in [0.1, 0.15) is 5.82 Å². The van der Waals surface area contributed by atoms with Crippen LogP contribution in [0.4, 0.5) is 5.82 Å². The summed E-state index contributed by atoms with van der Waals surface area (Å²) in [6.45, 7) is 4.44. The molecule has 2 amide bonds. The lowest BCUT2D eigenvalue weighted by Crippen LogP contribution is -2.46. The first-order chi connectivity index (χ1) is 11.4. The molecule has 2 rings (SSSR count). The lowest BCUT2D eigenvalue weighted by molar-refractivity contribution is -0.124. The summed E-state index contributed by atoms with van der Waals surface area (Å²) in [6, 6.07) is 5.74. The van der Waals surface area contributed by atoms with Crippen LogP contribution in [0.3, 0.4) is 0 Å². The van der Waals surface area contributed by atoms with Crippen molar-refractivity contribution in [2.75, 3.05) is 25.5 Å². The molecule has 0 spiro atoms. The average Bonchev–Trinajstić information content (AvgIpc) is 2.49. The van der Waals surface area contributed by atoms with Gasteiger partial charge in [-0.2, -0.15) is 0 Å². The molecule has 1 aromatic rings. The van der Waals surface area contributed by atoms with E-state index in [4.69, 9.17) is 0 Å². The quantitative estimate of drug-likeness (QED) is 0.835. The van der Waals surface area contributed by atoms with Gasteiger partial charge in [0.2, 0.25) is 11.8 Å². The first-order valence-electron chi connectivity index (χ1n) is 8.65. The minimum absolute atomic E-state index is 0.0160. The molecule has 1 aliphatic rings. The highest BCUT2D eigenvalue weighted by atomic mass is 16.2. The molecular formula is C18H28N4O2. The molecule has 1 fully saturated rings. The van der Waals surface area contributed by atoms with Crippen LogP contribution in [0.5, 0.6) is 0 Å². The van der Waals surface area contributed by atoms with Gasteiger partial charge in [-0.1, -0.05) is 25.8 Å². The predicted octanol–water partition coefficient (Wildman–Crippen LogP) is 1.96. The van der Waals surface area contributed by atoms with Crippen LogP contribution >= 0.6 is 0 Å². The first-order valence-corrected chi connectivity index (χ1v) is 8.65. The standard InChI is InChI=1S/C18H28N4O2/c1-13-7-4-5-9-15(13)20-17(23)11-22(3)12-18(24)21-16-10-6-8-14(2)19-16/h6,8,10,13,15H,4-5,7,9,11-12H2,1-3H3,(H,20,23)(H,19,21,24)/t13-,15+/m1/s1. The topological polar surface area (TPSA) is 74.3 Å². The van der Waals surface area contributed by atoms with Gasteiger partial charge in [0, 0.05) is 11.7 Å². The molecule has 1 aromatic heterocycles. The van der Waals surface area contributed by atoms with Crippen molar-refractivity contribution in [3.05, 3.63) is 23.9 Å². The van der Waals surface area contributed by atoms with Crippen molar-refractivity contribution < 1.29 is 9.59 Å². The molecule has 6 heteroatoms. The fourth-order valence-electron chi connectivity index (χ4n) is 3.12. The number of nitrogens with one attached hydrogen (secondary N) is 2. The van der Waals surface area contributed by atoms with E-state index >= 15 is 0 Å². The molecule has 1 saturated carbocycles. The van der Waals surface area contributed by atoms with Gasteiger partial charge in [-0.25, -0.2) is 4.98 Å². The zero-order chi connectivity index (χ0) is 17.5. The van der Waals surface area contributed by atoms with Gasteiger partial charge in [0.25, 0.3) is 0 Å². The molecule has 0 saturated heterocycles. The molecule has 1 heterocycles. The van der Waals surface area contributed by atoms with E-state index in [2.05, 4.69) is 22.5 Å². The number of anilines is 1. The number of carbonyl (C=O) groups excluding carboxylic acids is 2. The summed E-state index contributed by atoms with van der Waals surface area (Å²) in [7, 11) is 1.77. The molecule has 1 aliphatic carbocycles. The van der Waals surface area contributed by atoms with Crippen LogP contribution in [0.25, 0.3) is 0 Å². The van der Waals surface area contributed by atoms with E-state index in [0.29, 0.717) is 11.7 Å². The molecule has 132 valence electrons. The average molecular weight is 332 g/mol. The summed E-state index contributed by atoms with van der Waals surface area (Å²) < 4.78 is 0. The monoisotopic (exact) mass is 332 g/mol. The summed E-state index contributed by atoms with van der Waals surface area (Å²) in [6.07, 6.45) is 4.65. The van der Waals surface area contributed by atoms with Crippen molar-refractivity contribution in [2.45, 2.75) is 45.6 Å². The number of hydrogen-bond acceptors (Lipinski definition) is 4. The molecule has 0 aliphatic heterocycles. The van der Waals surface area contributed by atoms with E-state index in [-0.39, 0.29) is 30.9 Å². The Morgan fingerprint density at radius 2 is 1.92 bits per heavy atom. The van der Waals surface area contributed by atoms with Crippen LogP contribution in [0.2, 0.25) is 0 Å². The third-order valence-corrected chi connectivity index (χ3v) is 4.44. The maximum atomic E-state index is 12.2. The zero-order valence-electron chi connectivity index (χ0n) is 14.8. The van der Waals surface area contributed by atoms with E-state index in [9.17, 15) is 9.59 Å². The number of aryl methyl sites for hydroxylation is 1. The van der Waals surface area contributed by atoms with Crippen molar-refractivity contribution >= 4 is 17.6 Å². The number of amides is 2. The van der Waals surface area contributed by atoms with Gasteiger partial charge in [0.05, 0.1) is 13.1 Å². The molecule has 0 aromatic carbocycles. The number of hydrogen-bond donors (Lipinski definition) is 2. The van der Waals surface area contributed by atoms with E-state index in [1.165, 1.54) is 19.3 Å². The van der Waals surface area contributed by atoms with Crippen LogP contribution in [0, 0.1) is 12.8 Å². The van der Waals surface area contributed by atoms with E-state index in [1.54, 1.807) is 18.0 Å². The third kappa shape index (κ3) is 5.92. The molecule has 0 radical (unpaired) electrons. The predicted molar refractivity (Wildman–Crippen MR) is 94.7 cm³/mol. The number of rotatable bonds is 6. The second-order valence-corrected chi connectivity index (χ2v) is 6.82. The number of nitrogens with zero attached hydrogens (tertiary/aromatic N) is 2. The second-order valence-electron chi connectivity index (χ2n) is 6.82. The zero-order valence-corrected chi connectivity index (χ0v) is 14.8. The SMILES string of the molecule is Cc1cccc(NC(=O)CN(C)CC(=O)N[C@H]2CCCC[C@H]2C)n1. The molecule has 2 N–H and O–H groups in total. The lowest BCUT2D eigenvalue weighted by atomic mass is 9.86. The van der Waals surface area contributed by atoms with Gasteiger partial charge in [-0.3, -0.25) is 14.5 Å². The van der Waals surface area contributed by atoms with Gasteiger partial charge >= 0.3 is 0 Å². The van der Waals surface area contributed by atoms with E-state index in [1.807, 2.05) is 19.1 Å². The summed E-state index contributed by atoms with van der Waals surface area (Å²) in [4.78, 5) is 30.1. The fourth-order valence-corrected chi connectivity index (χ4v) is 3.12. The third-order valence-electron chi connectivity index (χ3n) is 4.44. The minimum Gasteiger partial charge on any atom is -0.352 e. The Morgan fingerprint density at radius 1 is 1.21 bits per heavy atom. The smallest absolute Gasteiger partial charge is 0.239 e. The van der Waals surface area contributed by atoms with E-state index in [0.717, 1.165) is 12.1 Å². The number of pyridine rings is 1. The summed E-state index contributed by atoms with van der Waals surface area (Å²) in [5.74, 6) is 0.879. The van der Waals surface area contributed by atoms with Crippen molar-refractivity contribution in [2.24, 2.45) is 5.92 Å². The number of likely N-dealkylation sites (N-methyl/N-ethyl adjacent to an activating group) is 1. The van der Waals surface area contributed by atoms with Gasteiger partial charge in [0.15, 0.2) is 0 Å². The number of aromatic nitrogens is 1. The summed E-state index contributed by atoms with van der Waals surface area (Å²) >= 11 is 0. The second kappa shape index (κ2) is 8.78. The minimum atomic E-state index is -0.172. The molecule has 6 nitrogen and oxygen atoms in total. The van der Waals surface area contributed by atoms with Crippen molar-refractivity contribution in [3.63, 3.8) is 0 Å². The normalized spacial score (nSPS) is 20.7. The van der Waals surface area contributed by atoms with Gasteiger partial charge in [-0.15, -0.1) is 0 Å². The fraction of sp³-hybridized carbons (Fsp3) is 0.611. The summed E-state index contributed by atoms with van der Waals surface area (Å²) in [5.41, 5.74) is 0.849. The number of carbonyl (C=O) groups is 2. The van der Waals surface area contributed by atoms with Crippen LogP contribution in [0.15, 0.2) is 18.2 Å². The molecule has 2 atom stereocenters. The Labute approximate surface area is 144 Å². The Kier molecular flexibility index (Phi) is 6.73. The van der Waals surface area contributed by atoms with Gasteiger partial charge < -0.3 is 10.6 Å². The van der Waals surface area contributed by atoms with E-state index < -0.39 is 0 Å². The molecular weight excluding hydrogens is 304 g/mol. The molecule has 24 heavy (non-hydrogen) atoms. The van der Waals surface area contributed by atoms with Crippen LogP contribution < -0.4 is 10.6 Å². The Morgan fingerprint density at radius 3 is 2.62 bits per heavy atom.